The molecule has 0 spiro atoms. The Hall–Kier alpha value is -1.10. The Labute approximate surface area is 138 Å². The molecule has 122 valence electrons. The number of hydrogen-bond acceptors (Lipinski definition) is 3. The Balaban J connectivity index is 0.00000176. The summed E-state index contributed by atoms with van der Waals surface area (Å²) in [7, 11) is 0. The molecule has 1 aliphatic heterocycles. The van der Waals surface area contributed by atoms with Crippen LogP contribution < -0.4 is 11.1 Å². The van der Waals surface area contributed by atoms with Crippen molar-refractivity contribution in [3.63, 3.8) is 0 Å². The molecule has 22 heavy (non-hydrogen) atoms. The second-order valence-electron chi connectivity index (χ2n) is 6.53. The summed E-state index contributed by atoms with van der Waals surface area (Å²) in [6.07, 6.45) is 4.65. The van der Waals surface area contributed by atoms with Crippen LogP contribution in [-0.4, -0.2) is 36.5 Å². The van der Waals surface area contributed by atoms with Gasteiger partial charge in [0, 0.05) is 18.3 Å². The lowest BCUT2D eigenvalue weighted by molar-refractivity contribution is -0.117. The van der Waals surface area contributed by atoms with Gasteiger partial charge in [-0.15, -0.1) is 12.4 Å². The summed E-state index contributed by atoms with van der Waals surface area (Å²) in [4.78, 5) is 14.4. The van der Waals surface area contributed by atoms with Crippen LogP contribution in [0.4, 0.5) is 5.69 Å². The lowest BCUT2D eigenvalue weighted by Gasteiger charge is -2.17. The van der Waals surface area contributed by atoms with Crippen LogP contribution >= 0.6 is 12.4 Å². The van der Waals surface area contributed by atoms with Gasteiger partial charge in [-0.3, -0.25) is 9.69 Å². The third-order valence-corrected chi connectivity index (χ3v) is 4.80. The molecule has 1 aromatic rings. The molecule has 2 atom stereocenters. The smallest absolute Gasteiger partial charge is 0.238 e. The number of fused-ring (bicyclic) bond motifs is 1. The Morgan fingerprint density at radius 2 is 2.18 bits per heavy atom. The van der Waals surface area contributed by atoms with Crippen molar-refractivity contribution in [2.45, 2.75) is 38.6 Å². The van der Waals surface area contributed by atoms with E-state index in [1.807, 2.05) is 6.07 Å². The number of amides is 1. The largest absolute Gasteiger partial charge is 0.328 e. The van der Waals surface area contributed by atoms with Crippen LogP contribution in [0, 0.1) is 5.92 Å². The Morgan fingerprint density at radius 1 is 1.41 bits per heavy atom. The summed E-state index contributed by atoms with van der Waals surface area (Å²) in [6.45, 7) is 4.44. The van der Waals surface area contributed by atoms with Crippen LogP contribution in [0.25, 0.3) is 0 Å². The van der Waals surface area contributed by atoms with Crippen molar-refractivity contribution >= 4 is 24.0 Å². The maximum atomic E-state index is 12.2. The molecule has 0 saturated carbocycles. The molecule has 5 heteroatoms. The first kappa shape index (κ1) is 17.3. The Bertz CT molecular complexity index is 533. The molecule has 1 aromatic carbocycles. The molecule has 3 N–H and O–H groups in total. The van der Waals surface area contributed by atoms with E-state index in [-0.39, 0.29) is 24.4 Å². The second-order valence-corrected chi connectivity index (χ2v) is 6.53. The number of hydrogen-bond donors (Lipinski definition) is 2. The molecule has 0 radical (unpaired) electrons. The fraction of sp³-hybridized carbons (Fsp3) is 0.588. The molecule has 0 aromatic heterocycles. The number of nitrogens with zero attached hydrogens (tertiary/aromatic N) is 1. The van der Waals surface area contributed by atoms with Gasteiger partial charge in [0.1, 0.15) is 0 Å². The monoisotopic (exact) mass is 323 g/mol. The number of nitrogens with two attached hydrogens (primary N) is 1. The highest BCUT2D eigenvalue weighted by atomic mass is 35.5. The summed E-state index contributed by atoms with van der Waals surface area (Å²) in [6, 6.07) is 6.53. The quantitative estimate of drug-likeness (QED) is 0.893. The third-order valence-electron chi connectivity index (χ3n) is 4.80. The Morgan fingerprint density at radius 3 is 2.91 bits per heavy atom. The van der Waals surface area contributed by atoms with E-state index in [4.69, 9.17) is 5.73 Å². The van der Waals surface area contributed by atoms with Gasteiger partial charge >= 0.3 is 0 Å². The molecule has 1 saturated heterocycles. The van der Waals surface area contributed by atoms with Gasteiger partial charge in [-0.05, 0) is 68.3 Å². The number of nitrogens with one attached hydrogen (secondary N) is 1. The molecule has 1 fully saturated rings. The molecule has 2 unspecified atom stereocenters. The van der Waals surface area contributed by atoms with Crippen LogP contribution in [-0.2, 0) is 17.6 Å². The minimum Gasteiger partial charge on any atom is -0.328 e. The molecule has 1 heterocycles. The summed E-state index contributed by atoms with van der Waals surface area (Å²) < 4.78 is 0. The zero-order chi connectivity index (χ0) is 14.8. The highest BCUT2D eigenvalue weighted by Crippen LogP contribution is 2.25. The van der Waals surface area contributed by atoms with Gasteiger partial charge in [0.15, 0.2) is 0 Å². The number of benzene rings is 1. The minimum absolute atomic E-state index is 0. The first-order valence-corrected chi connectivity index (χ1v) is 8.01. The van der Waals surface area contributed by atoms with E-state index in [2.05, 4.69) is 29.3 Å². The first-order valence-electron chi connectivity index (χ1n) is 8.01. The maximum absolute atomic E-state index is 12.2. The molecule has 1 amide bonds. The Kier molecular flexibility index (Phi) is 5.84. The summed E-state index contributed by atoms with van der Waals surface area (Å²) in [5.74, 6) is 0.607. The van der Waals surface area contributed by atoms with Crippen molar-refractivity contribution in [3.8, 4) is 0 Å². The minimum atomic E-state index is 0. The third kappa shape index (κ3) is 4.00. The molecular weight excluding hydrogens is 298 g/mol. The average Bonchev–Trinajstić information content (AvgIpc) is 3.06. The summed E-state index contributed by atoms with van der Waals surface area (Å²) in [5.41, 5.74) is 9.70. The van der Waals surface area contributed by atoms with Crippen molar-refractivity contribution in [3.05, 3.63) is 29.3 Å². The number of carbonyl (C=O) groups is 1. The van der Waals surface area contributed by atoms with Gasteiger partial charge in [0.25, 0.3) is 0 Å². The van der Waals surface area contributed by atoms with Gasteiger partial charge in [-0.1, -0.05) is 6.07 Å². The standard InChI is InChI=1S/C17H25N3O.ClH/c1-12(18)15-7-8-20(10-15)11-17(21)19-16-6-5-13-3-2-4-14(13)9-16;/h5-6,9,12,15H,2-4,7-8,10-11,18H2,1H3,(H,19,21);1H. The number of anilines is 1. The van der Waals surface area contributed by atoms with E-state index < -0.39 is 0 Å². The summed E-state index contributed by atoms with van der Waals surface area (Å²) in [5, 5.41) is 3.03. The summed E-state index contributed by atoms with van der Waals surface area (Å²) >= 11 is 0. The number of carbonyl (C=O) groups excluding carboxylic acids is 1. The topological polar surface area (TPSA) is 58.4 Å². The lowest BCUT2D eigenvalue weighted by Crippen LogP contribution is -2.34. The van der Waals surface area contributed by atoms with Gasteiger partial charge < -0.3 is 11.1 Å². The predicted molar refractivity (Wildman–Crippen MR) is 92.5 cm³/mol. The van der Waals surface area contributed by atoms with Crippen LogP contribution in [0.5, 0.6) is 0 Å². The number of rotatable bonds is 4. The second kappa shape index (κ2) is 7.44. The van der Waals surface area contributed by atoms with E-state index in [9.17, 15) is 4.79 Å². The molecule has 3 rings (SSSR count). The molecule has 4 nitrogen and oxygen atoms in total. The van der Waals surface area contributed by atoms with Crippen LogP contribution in [0.1, 0.15) is 30.9 Å². The number of halogens is 1. The SMILES string of the molecule is CC(N)C1CCN(CC(=O)Nc2ccc3c(c2)CCC3)C1.Cl. The predicted octanol–water partition coefficient (Wildman–Crippen LogP) is 2.20. The van der Waals surface area contributed by atoms with E-state index in [1.165, 1.54) is 24.0 Å². The molecular formula is C17H26ClN3O. The molecule has 1 aliphatic carbocycles. The molecule has 0 bridgehead atoms. The fourth-order valence-electron chi connectivity index (χ4n) is 3.49. The van der Waals surface area contributed by atoms with Crippen LogP contribution in [0.3, 0.4) is 0 Å². The van der Waals surface area contributed by atoms with Crippen molar-refractivity contribution in [1.29, 1.82) is 0 Å². The van der Waals surface area contributed by atoms with Gasteiger partial charge in [-0.2, -0.15) is 0 Å². The highest BCUT2D eigenvalue weighted by molar-refractivity contribution is 5.92. The fourth-order valence-corrected chi connectivity index (χ4v) is 3.49. The van der Waals surface area contributed by atoms with Crippen molar-refractivity contribution in [1.82, 2.24) is 4.90 Å². The zero-order valence-corrected chi connectivity index (χ0v) is 14.0. The van der Waals surface area contributed by atoms with Crippen LogP contribution in [0.15, 0.2) is 18.2 Å². The lowest BCUT2D eigenvalue weighted by atomic mass is 10.0. The van der Waals surface area contributed by atoms with Crippen molar-refractivity contribution in [2.75, 3.05) is 25.0 Å². The van der Waals surface area contributed by atoms with Gasteiger partial charge in [0.2, 0.25) is 5.91 Å². The zero-order valence-electron chi connectivity index (χ0n) is 13.2. The highest BCUT2D eigenvalue weighted by Gasteiger charge is 2.26. The van der Waals surface area contributed by atoms with Crippen molar-refractivity contribution < 1.29 is 4.79 Å². The van der Waals surface area contributed by atoms with Crippen LogP contribution in [0.2, 0.25) is 0 Å². The maximum Gasteiger partial charge on any atom is 0.238 e. The number of aryl methyl sites for hydroxylation is 2. The first-order chi connectivity index (χ1) is 10.1. The average molecular weight is 324 g/mol. The van der Waals surface area contributed by atoms with E-state index in [1.54, 1.807) is 0 Å². The van der Waals surface area contributed by atoms with E-state index in [0.717, 1.165) is 31.6 Å². The van der Waals surface area contributed by atoms with Gasteiger partial charge in [-0.25, -0.2) is 0 Å². The van der Waals surface area contributed by atoms with Gasteiger partial charge in [0.05, 0.1) is 6.54 Å². The molecule has 2 aliphatic rings. The normalized spacial score (nSPS) is 22.0. The van der Waals surface area contributed by atoms with E-state index in [0.29, 0.717) is 12.5 Å². The van der Waals surface area contributed by atoms with E-state index >= 15 is 0 Å². The van der Waals surface area contributed by atoms with Crippen molar-refractivity contribution in [2.24, 2.45) is 11.7 Å². The number of likely N-dealkylation sites (tertiary alicyclic amines) is 1.